The van der Waals surface area contributed by atoms with Gasteiger partial charge in [0.05, 0.1) is 12.7 Å². The third kappa shape index (κ3) is 2.92. The number of thiazole rings is 1. The van der Waals surface area contributed by atoms with Crippen molar-refractivity contribution in [2.75, 3.05) is 11.4 Å². The lowest BCUT2D eigenvalue weighted by Crippen LogP contribution is -2.42. The number of rotatable bonds is 2. The second-order valence-electron chi connectivity index (χ2n) is 5.83. The van der Waals surface area contributed by atoms with E-state index in [1.807, 2.05) is 6.92 Å². The Morgan fingerprint density at radius 3 is 2.92 bits per heavy atom. The quantitative estimate of drug-likeness (QED) is 0.683. The molecule has 3 heterocycles. The Kier molecular flexibility index (Phi) is 4.12. The zero-order valence-corrected chi connectivity index (χ0v) is 14.5. The number of nitrogens with zero attached hydrogens (tertiary/aromatic N) is 3. The van der Waals surface area contributed by atoms with Crippen molar-refractivity contribution in [1.82, 2.24) is 9.97 Å². The van der Waals surface area contributed by atoms with Gasteiger partial charge in [0.25, 0.3) is 5.91 Å². The second-order valence-corrected chi connectivity index (χ2v) is 6.86. The maximum Gasteiger partial charge on any atom is 0.270 e. The largest absolute Gasteiger partial charge is 0.471 e. The van der Waals surface area contributed by atoms with E-state index in [2.05, 4.69) is 9.97 Å². The van der Waals surface area contributed by atoms with Gasteiger partial charge in [0.2, 0.25) is 5.88 Å². The number of benzene rings is 1. The number of aromatic nitrogens is 2. The minimum Gasteiger partial charge on any atom is -0.471 e. The van der Waals surface area contributed by atoms with Crippen LogP contribution in [0.5, 0.6) is 5.88 Å². The molecular formula is C18H13F2N3O2S. The lowest BCUT2D eigenvalue weighted by atomic mass is 10.2. The molecule has 4 rings (SSSR count). The van der Waals surface area contributed by atoms with Gasteiger partial charge in [-0.3, -0.25) is 9.69 Å². The van der Waals surface area contributed by atoms with Crippen molar-refractivity contribution < 1.29 is 18.3 Å². The van der Waals surface area contributed by atoms with Gasteiger partial charge in [0.1, 0.15) is 21.7 Å². The Labute approximate surface area is 151 Å². The Hall–Kier alpha value is -2.87. The van der Waals surface area contributed by atoms with Gasteiger partial charge in [-0.2, -0.15) is 0 Å². The lowest BCUT2D eigenvalue weighted by molar-refractivity contribution is 0.0962. The third-order valence-corrected chi connectivity index (χ3v) is 4.96. The van der Waals surface area contributed by atoms with E-state index in [1.165, 1.54) is 12.3 Å². The van der Waals surface area contributed by atoms with Crippen molar-refractivity contribution in [3.8, 4) is 16.5 Å². The lowest BCUT2D eigenvalue weighted by Gasteiger charge is -2.32. The molecule has 0 bridgehead atoms. The van der Waals surface area contributed by atoms with Gasteiger partial charge in [-0.15, -0.1) is 11.3 Å². The fourth-order valence-electron chi connectivity index (χ4n) is 2.72. The van der Waals surface area contributed by atoms with Crippen LogP contribution in [0.3, 0.4) is 0 Å². The molecular weight excluding hydrogens is 360 g/mol. The van der Waals surface area contributed by atoms with E-state index < -0.39 is 11.6 Å². The Balaban J connectivity index is 1.66. The molecule has 0 N–H and O–H groups in total. The van der Waals surface area contributed by atoms with E-state index in [0.717, 1.165) is 23.5 Å². The van der Waals surface area contributed by atoms with E-state index in [9.17, 15) is 13.6 Å². The SMILES string of the molecule is CC1CN(C(=O)c2cnc(-c3ccc(F)c(F)c3)s2)c2cccnc2O1. The number of halogens is 2. The van der Waals surface area contributed by atoms with E-state index in [4.69, 9.17) is 4.74 Å². The molecule has 1 aromatic carbocycles. The van der Waals surface area contributed by atoms with Crippen molar-refractivity contribution in [2.45, 2.75) is 13.0 Å². The summed E-state index contributed by atoms with van der Waals surface area (Å²) in [5, 5.41) is 0.444. The van der Waals surface area contributed by atoms with Gasteiger partial charge >= 0.3 is 0 Å². The summed E-state index contributed by atoms with van der Waals surface area (Å²) in [6.07, 6.45) is 2.85. The fourth-order valence-corrected chi connectivity index (χ4v) is 3.58. The highest BCUT2D eigenvalue weighted by Crippen LogP contribution is 2.34. The van der Waals surface area contributed by atoms with E-state index >= 15 is 0 Å². The first-order valence-corrected chi connectivity index (χ1v) is 8.69. The highest BCUT2D eigenvalue weighted by atomic mass is 32.1. The molecule has 26 heavy (non-hydrogen) atoms. The van der Waals surface area contributed by atoms with Crippen LogP contribution in [-0.2, 0) is 0 Å². The zero-order chi connectivity index (χ0) is 18.3. The second kappa shape index (κ2) is 6.45. The predicted octanol–water partition coefficient (Wildman–Crippen LogP) is 3.91. The van der Waals surface area contributed by atoms with Crippen molar-refractivity contribution in [1.29, 1.82) is 0 Å². The summed E-state index contributed by atoms with van der Waals surface area (Å²) in [5.74, 6) is -1.70. The average molecular weight is 373 g/mol. The molecule has 1 aliphatic heterocycles. The summed E-state index contributed by atoms with van der Waals surface area (Å²) in [7, 11) is 0. The molecule has 1 atom stereocenters. The average Bonchev–Trinajstić information content (AvgIpc) is 3.13. The number of hydrogen-bond acceptors (Lipinski definition) is 5. The van der Waals surface area contributed by atoms with E-state index in [0.29, 0.717) is 33.6 Å². The number of fused-ring (bicyclic) bond motifs is 1. The molecule has 1 unspecified atom stereocenters. The standard InChI is InChI=1S/C18H13F2N3O2S/c1-10-9-23(14-3-2-6-21-16(14)25-10)18(24)15-8-22-17(26-15)11-4-5-12(19)13(20)7-11/h2-8,10H,9H2,1H3. The van der Waals surface area contributed by atoms with Crippen LogP contribution in [0.1, 0.15) is 16.6 Å². The fraction of sp³-hybridized carbons (Fsp3) is 0.167. The topological polar surface area (TPSA) is 55.3 Å². The molecule has 0 aliphatic carbocycles. The number of pyridine rings is 1. The van der Waals surface area contributed by atoms with Crippen LogP contribution in [0.2, 0.25) is 0 Å². The zero-order valence-electron chi connectivity index (χ0n) is 13.6. The number of carbonyl (C=O) groups excluding carboxylic acids is 1. The summed E-state index contributed by atoms with van der Waals surface area (Å²) >= 11 is 1.13. The van der Waals surface area contributed by atoms with Crippen LogP contribution >= 0.6 is 11.3 Å². The van der Waals surface area contributed by atoms with Crippen LogP contribution in [0.25, 0.3) is 10.6 Å². The first-order valence-electron chi connectivity index (χ1n) is 7.87. The van der Waals surface area contributed by atoms with E-state index in [-0.39, 0.29) is 12.0 Å². The summed E-state index contributed by atoms with van der Waals surface area (Å²) in [6, 6.07) is 7.04. The molecule has 0 saturated heterocycles. The molecule has 1 aliphatic rings. The molecule has 2 aromatic heterocycles. The molecule has 0 saturated carbocycles. The van der Waals surface area contributed by atoms with Crippen LogP contribution in [0.15, 0.2) is 42.7 Å². The summed E-state index contributed by atoms with van der Waals surface area (Å²) in [4.78, 5) is 23.3. The molecule has 132 valence electrons. The van der Waals surface area contributed by atoms with Gasteiger partial charge in [0.15, 0.2) is 11.6 Å². The molecule has 0 spiro atoms. The predicted molar refractivity (Wildman–Crippen MR) is 93.5 cm³/mol. The van der Waals surface area contributed by atoms with E-state index in [1.54, 1.807) is 23.2 Å². The van der Waals surface area contributed by atoms with Gasteiger partial charge < -0.3 is 4.74 Å². The van der Waals surface area contributed by atoms with Gasteiger partial charge in [-0.25, -0.2) is 18.7 Å². The van der Waals surface area contributed by atoms with Crippen LogP contribution < -0.4 is 9.64 Å². The Morgan fingerprint density at radius 2 is 2.12 bits per heavy atom. The van der Waals surface area contributed by atoms with Gasteiger partial charge in [0, 0.05) is 11.8 Å². The maximum absolute atomic E-state index is 13.4. The molecule has 5 nitrogen and oxygen atoms in total. The number of carbonyl (C=O) groups is 1. The van der Waals surface area contributed by atoms with Crippen molar-refractivity contribution in [2.24, 2.45) is 0 Å². The first-order chi connectivity index (χ1) is 12.5. The van der Waals surface area contributed by atoms with Gasteiger partial charge in [-0.05, 0) is 37.3 Å². The summed E-state index contributed by atoms with van der Waals surface area (Å²) in [5.41, 5.74) is 1.02. The summed E-state index contributed by atoms with van der Waals surface area (Å²) < 4.78 is 32.2. The highest BCUT2D eigenvalue weighted by Gasteiger charge is 2.30. The minimum atomic E-state index is -0.951. The number of amides is 1. The number of ether oxygens (including phenoxy) is 1. The maximum atomic E-state index is 13.4. The Bertz CT molecular complexity index is 992. The molecule has 0 radical (unpaired) electrons. The number of hydrogen-bond donors (Lipinski definition) is 0. The highest BCUT2D eigenvalue weighted by molar-refractivity contribution is 7.17. The monoisotopic (exact) mass is 373 g/mol. The smallest absolute Gasteiger partial charge is 0.270 e. The van der Waals surface area contributed by atoms with Crippen LogP contribution in [0.4, 0.5) is 14.5 Å². The van der Waals surface area contributed by atoms with Crippen molar-refractivity contribution >= 4 is 22.9 Å². The number of anilines is 1. The molecule has 1 amide bonds. The third-order valence-electron chi connectivity index (χ3n) is 3.92. The molecule has 3 aromatic rings. The Morgan fingerprint density at radius 1 is 1.27 bits per heavy atom. The molecule has 0 fully saturated rings. The normalized spacial score (nSPS) is 16.1. The van der Waals surface area contributed by atoms with Crippen LogP contribution in [0, 0.1) is 11.6 Å². The van der Waals surface area contributed by atoms with Gasteiger partial charge in [-0.1, -0.05) is 0 Å². The minimum absolute atomic E-state index is 0.195. The summed E-state index contributed by atoms with van der Waals surface area (Å²) in [6.45, 7) is 2.24. The van der Waals surface area contributed by atoms with Crippen molar-refractivity contribution in [3.63, 3.8) is 0 Å². The van der Waals surface area contributed by atoms with Crippen molar-refractivity contribution in [3.05, 3.63) is 59.2 Å². The first kappa shape index (κ1) is 16.6. The van der Waals surface area contributed by atoms with Crippen LogP contribution in [-0.4, -0.2) is 28.5 Å². The molecule has 8 heteroatoms.